The number of carbonyl (C=O) groups excluding carboxylic acids is 3. The number of thioether (sulfide) groups is 1. The molecular weight excluding hydrogens is 408 g/mol. The van der Waals surface area contributed by atoms with Crippen molar-refractivity contribution in [2.24, 2.45) is 0 Å². The fourth-order valence-corrected chi connectivity index (χ4v) is 4.01. The van der Waals surface area contributed by atoms with Crippen LogP contribution in [0.3, 0.4) is 0 Å². The first-order chi connectivity index (χ1) is 13.9. The lowest BCUT2D eigenvalue weighted by atomic mass is 10.2. The molecule has 0 radical (unpaired) electrons. The van der Waals surface area contributed by atoms with Gasteiger partial charge in [0, 0.05) is 18.7 Å². The van der Waals surface area contributed by atoms with Gasteiger partial charge in [-0.05, 0) is 35.8 Å². The third-order valence-corrected chi connectivity index (χ3v) is 5.54. The van der Waals surface area contributed by atoms with Crippen molar-refractivity contribution in [2.75, 3.05) is 11.9 Å². The molecule has 8 heteroatoms. The Morgan fingerprint density at radius 3 is 2.45 bits per heavy atom. The van der Waals surface area contributed by atoms with Gasteiger partial charge in [-0.15, -0.1) is 0 Å². The molecule has 6 nitrogen and oxygen atoms in total. The van der Waals surface area contributed by atoms with Crippen molar-refractivity contribution in [3.63, 3.8) is 0 Å². The summed E-state index contributed by atoms with van der Waals surface area (Å²) in [6.45, 7) is 0.355. The fourth-order valence-electron chi connectivity index (χ4n) is 2.70. The SMILES string of the molecule is O=C(CCCN1C(=O)C(=Cc2ccccc2)SC1=S)Nc1ccc(C(=O)[O-])cc1. The van der Waals surface area contributed by atoms with Crippen molar-refractivity contribution in [2.45, 2.75) is 12.8 Å². The number of nitrogens with zero attached hydrogens (tertiary/aromatic N) is 1. The molecule has 1 heterocycles. The van der Waals surface area contributed by atoms with Crippen LogP contribution in [0.5, 0.6) is 0 Å². The highest BCUT2D eigenvalue weighted by molar-refractivity contribution is 8.26. The van der Waals surface area contributed by atoms with E-state index >= 15 is 0 Å². The van der Waals surface area contributed by atoms with E-state index in [-0.39, 0.29) is 23.8 Å². The Morgan fingerprint density at radius 1 is 1.10 bits per heavy atom. The summed E-state index contributed by atoms with van der Waals surface area (Å²) in [7, 11) is 0. The van der Waals surface area contributed by atoms with Crippen LogP contribution in [0.2, 0.25) is 0 Å². The predicted molar refractivity (Wildman–Crippen MR) is 115 cm³/mol. The van der Waals surface area contributed by atoms with Crippen molar-refractivity contribution < 1.29 is 19.5 Å². The topological polar surface area (TPSA) is 89.5 Å². The van der Waals surface area contributed by atoms with Gasteiger partial charge in [-0.2, -0.15) is 0 Å². The highest BCUT2D eigenvalue weighted by atomic mass is 32.2. The van der Waals surface area contributed by atoms with Gasteiger partial charge in [0.2, 0.25) is 5.91 Å². The second-order valence-electron chi connectivity index (χ2n) is 6.26. The lowest BCUT2D eigenvalue weighted by Crippen LogP contribution is -2.29. The number of thiocarbonyl (C=S) groups is 1. The Morgan fingerprint density at radius 2 is 1.79 bits per heavy atom. The van der Waals surface area contributed by atoms with E-state index in [1.54, 1.807) is 0 Å². The molecule has 1 aliphatic heterocycles. The average Bonchev–Trinajstić information content (AvgIpc) is 2.96. The molecule has 0 aromatic heterocycles. The van der Waals surface area contributed by atoms with E-state index in [0.717, 1.165) is 5.56 Å². The number of anilines is 1. The Labute approximate surface area is 177 Å². The normalized spacial score (nSPS) is 15.0. The fraction of sp³-hybridized carbons (Fsp3) is 0.143. The van der Waals surface area contributed by atoms with E-state index in [4.69, 9.17) is 12.2 Å². The van der Waals surface area contributed by atoms with Crippen LogP contribution in [0, 0.1) is 0 Å². The highest BCUT2D eigenvalue weighted by Gasteiger charge is 2.31. The minimum Gasteiger partial charge on any atom is -0.545 e. The number of carboxylic acids is 1. The van der Waals surface area contributed by atoms with Gasteiger partial charge in [-0.3, -0.25) is 14.5 Å². The zero-order valence-electron chi connectivity index (χ0n) is 15.3. The molecule has 0 aliphatic carbocycles. The van der Waals surface area contributed by atoms with E-state index in [2.05, 4.69) is 5.32 Å². The molecule has 1 aliphatic rings. The van der Waals surface area contributed by atoms with Gasteiger partial charge in [0.05, 0.1) is 10.9 Å². The number of hydrogen-bond acceptors (Lipinski definition) is 6. The van der Waals surface area contributed by atoms with Crippen LogP contribution in [0.1, 0.15) is 28.8 Å². The molecule has 2 amide bonds. The van der Waals surface area contributed by atoms with Crippen LogP contribution in [0.15, 0.2) is 59.5 Å². The summed E-state index contributed by atoms with van der Waals surface area (Å²) >= 11 is 6.56. The second kappa shape index (κ2) is 9.49. The van der Waals surface area contributed by atoms with Crippen LogP contribution >= 0.6 is 24.0 Å². The average molecular weight is 426 g/mol. The van der Waals surface area contributed by atoms with Gasteiger partial charge in [-0.25, -0.2) is 0 Å². The molecule has 0 unspecified atom stereocenters. The van der Waals surface area contributed by atoms with Crippen molar-refractivity contribution in [1.29, 1.82) is 0 Å². The lowest BCUT2D eigenvalue weighted by molar-refractivity contribution is -0.255. The van der Waals surface area contributed by atoms with Crippen LogP contribution in [0.4, 0.5) is 5.69 Å². The maximum Gasteiger partial charge on any atom is 0.266 e. The summed E-state index contributed by atoms with van der Waals surface area (Å²) < 4.78 is 0.482. The molecule has 1 fully saturated rings. The van der Waals surface area contributed by atoms with E-state index in [1.165, 1.54) is 40.9 Å². The van der Waals surface area contributed by atoms with Crippen molar-refractivity contribution in [3.05, 3.63) is 70.6 Å². The minimum absolute atomic E-state index is 0.0425. The molecule has 0 saturated carbocycles. The van der Waals surface area contributed by atoms with Gasteiger partial charge in [0.15, 0.2) is 0 Å². The number of amides is 2. The maximum atomic E-state index is 12.6. The molecule has 0 atom stereocenters. The molecular formula is C21H17N2O4S2-. The predicted octanol–water partition coefficient (Wildman–Crippen LogP) is 2.67. The summed E-state index contributed by atoms with van der Waals surface area (Å²) in [5.74, 6) is -1.65. The van der Waals surface area contributed by atoms with Crippen molar-refractivity contribution in [3.8, 4) is 0 Å². The number of nitrogens with one attached hydrogen (secondary N) is 1. The van der Waals surface area contributed by atoms with Crippen molar-refractivity contribution in [1.82, 2.24) is 4.90 Å². The highest BCUT2D eigenvalue weighted by Crippen LogP contribution is 2.32. The summed E-state index contributed by atoms with van der Waals surface area (Å²) in [6.07, 6.45) is 2.47. The Bertz CT molecular complexity index is 972. The molecule has 148 valence electrons. The smallest absolute Gasteiger partial charge is 0.266 e. The van der Waals surface area contributed by atoms with Crippen LogP contribution < -0.4 is 10.4 Å². The summed E-state index contributed by atoms with van der Waals surface area (Å²) in [6, 6.07) is 15.3. The number of benzene rings is 2. The molecule has 1 saturated heterocycles. The minimum atomic E-state index is -1.27. The van der Waals surface area contributed by atoms with E-state index in [0.29, 0.717) is 27.9 Å². The van der Waals surface area contributed by atoms with Crippen LogP contribution in [-0.4, -0.2) is 33.5 Å². The number of hydrogen-bond donors (Lipinski definition) is 1. The number of carbonyl (C=O) groups is 3. The zero-order chi connectivity index (χ0) is 20.8. The first-order valence-electron chi connectivity index (χ1n) is 8.86. The summed E-state index contributed by atoms with van der Waals surface area (Å²) in [4.78, 5) is 37.5. The van der Waals surface area contributed by atoms with Crippen LogP contribution in [-0.2, 0) is 9.59 Å². The molecule has 29 heavy (non-hydrogen) atoms. The molecule has 3 rings (SSSR count). The first kappa shape index (κ1) is 20.8. The summed E-state index contributed by atoms with van der Waals surface area (Å²) in [5, 5.41) is 13.4. The van der Waals surface area contributed by atoms with Gasteiger partial charge in [0.25, 0.3) is 5.91 Å². The lowest BCUT2D eigenvalue weighted by Gasteiger charge is -2.14. The zero-order valence-corrected chi connectivity index (χ0v) is 16.9. The molecule has 2 aromatic carbocycles. The number of aromatic carboxylic acids is 1. The molecule has 0 spiro atoms. The molecule has 2 aromatic rings. The Balaban J connectivity index is 1.50. The Hall–Kier alpha value is -2.97. The third-order valence-electron chi connectivity index (χ3n) is 4.16. The maximum absolute atomic E-state index is 12.6. The molecule has 1 N–H and O–H groups in total. The number of rotatable bonds is 7. The van der Waals surface area contributed by atoms with Crippen molar-refractivity contribution >= 4 is 57.8 Å². The van der Waals surface area contributed by atoms with Gasteiger partial charge < -0.3 is 15.2 Å². The number of carboxylic acid groups (broad SMARTS) is 1. The second-order valence-corrected chi connectivity index (χ2v) is 7.94. The third kappa shape index (κ3) is 5.52. The largest absolute Gasteiger partial charge is 0.545 e. The van der Waals surface area contributed by atoms with E-state index in [1.807, 2.05) is 36.4 Å². The Kier molecular flexibility index (Phi) is 6.79. The van der Waals surface area contributed by atoms with E-state index in [9.17, 15) is 19.5 Å². The monoisotopic (exact) mass is 425 g/mol. The quantitative estimate of drug-likeness (QED) is 0.542. The van der Waals surface area contributed by atoms with Gasteiger partial charge in [0.1, 0.15) is 4.32 Å². The molecule has 0 bridgehead atoms. The first-order valence-corrected chi connectivity index (χ1v) is 10.1. The van der Waals surface area contributed by atoms with Gasteiger partial charge >= 0.3 is 0 Å². The van der Waals surface area contributed by atoms with E-state index < -0.39 is 5.97 Å². The van der Waals surface area contributed by atoms with Gasteiger partial charge in [-0.1, -0.05) is 66.4 Å². The summed E-state index contributed by atoms with van der Waals surface area (Å²) in [5.41, 5.74) is 1.47. The standard InChI is InChI=1S/C21H18N2O4S2/c24-18(22-16-10-8-15(9-11-16)20(26)27)7-4-12-23-19(25)17(29-21(23)28)13-14-5-2-1-3-6-14/h1-3,5-6,8-11,13H,4,7,12H2,(H,22,24)(H,26,27)/p-1. The van der Waals surface area contributed by atoms with Crippen LogP contribution in [0.25, 0.3) is 6.08 Å².